The van der Waals surface area contributed by atoms with Gasteiger partial charge in [0.1, 0.15) is 36.8 Å². The zero-order valence-corrected chi connectivity index (χ0v) is 39.0. The highest BCUT2D eigenvalue weighted by Crippen LogP contribution is 2.24. The fraction of sp³-hybridized carbons (Fsp3) is 0.755. The molecule has 4 N–H and O–H groups in total. The molecule has 0 amide bonds. The number of rotatable bonds is 39. The molecule has 1 aliphatic rings. The summed E-state index contributed by atoms with van der Waals surface area (Å²) in [5.41, 5.74) is 0. The van der Waals surface area contributed by atoms with Crippen molar-refractivity contribution >= 4 is 22.1 Å². The van der Waals surface area contributed by atoms with Crippen molar-refractivity contribution in [2.75, 3.05) is 19.0 Å². The number of ether oxygens (including phenoxy) is 4. The number of carbonyl (C=O) groups excluding carboxylic acids is 2. The van der Waals surface area contributed by atoms with Crippen LogP contribution in [0.3, 0.4) is 0 Å². The fourth-order valence-corrected chi connectivity index (χ4v) is 7.59. The van der Waals surface area contributed by atoms with Gasteiger partial charge in [-0.3, -0.25) is 14.1 Å². The Balaban J connectivity index is 2.44. The Morgan fingerprint density at radius 3 is 1.53 bits per heavy atom. The van der Waals surface area contributed by atoms with Crippen LogP contribution in [0.4, 0.5) is 0 Å². The normalized spacial score (nSPS) is 20.4. The lowest BCUT2D eigenvalue weighted by Gasteiger charge is -2.40. The van der Waals surface area contributed by atoms with Crippen molar-refractivity contribution in [1.82, 2.24) is 0 Å². The molecule has 1 rings (SSSR count). The van der Waals surface area contributed by atoms with Crippen molar-refractivity contribution in [2.45, 2.75) is 218 Å². The minimum atomic E-state index is -4.61. The van der Waals surface area contributed by atoms with Crippen LogP contribution >= 0.6 is 0 Å². The van der Waals surface area contributed by atoms with E-state index in [0.717, 1.165) is 103 Å². The molecule has 6 unspecified atom stereocenters. The predicted octanol–water partition coefficient (Wildman–Crippen LogP) is 10.1. The SMILES string of the molecule is CC/C=C\C/C=C\C/C=C\C/C=C\CCCCCCCCC(=O)OC(COC(=O)CCCCCCC/C=C\CCCCCCCC)COC1OC(CS(=O)(=O)O)C(O)C(O)C1O. The summed E-state index contributed by atoms with van der Waals surface area (Å²) in [7, 11) is -4.61. The molecular weight excluding hydrogens is 813 g/mol. The highest BCUT2D eigenvalue weighted by Gasteiger charge is 2.46. The quantitative estimate of drug-likeness (QED) is 0.0198. The third-order valence-electron chi connectivity index (χ3n) is 10.6. The summed E-state index contributed by atoms with van der Waals surface area (Å²) in [6, 6.07) is 0. The molecule has 6 atom stereocenters. The van der Waals surface area contributed by atoms with Gasteiger partial charge in [-0.05, 0) is 77.0 Å². The van der Waals surface area contributed by atoms with Gasteiger partial charge in [0.05, 0.1) is 6.61 Å². The number of aliphatic hydroxyl groups excluding tert-OH is 3. The van der Waals surface area contributed by atoms with Crippen molar-refractivity contribution in [3.05, 3.63) is 60.8 Å². The van der Waals surface area contributed by atoms with Gasteiger partial charge in [0.15, 0.2) is 12.4 Å². The van der Waals surface area contributed by atoms with Crippen LogP contribution in [0.1, 0.15) is 181 Å². The summed E-state index contributed by atoms with van der Waals surface area (Å²) < 4.78 is 54.1. The van der Waals surface area contributed by atoms with E-state index in [-0.39, 0.29) is 19.4 Å². The maximum absolute atomic E-state index is 12.8. The van der Waals surface area contributed by atoms with Crippen LogP contribution in [0.15, 0.2) is 60.8 Å². The van der Waals surface area contributed by atoms with Crippen LogP contribution < -0.4 is 0 Å². The van der Waals surface area contributed by atoms with Crippen LogP contribution in [0, 0.1) is 0 Å². The van der Waals surface area contributed by atoms with E-state index in [2.05, 4.69) is 74.6 Å². The van der Waals surface area contributed by atoms with Crippen molar-refractivity contribution < 1.29 is 56.8 Å². The van der Waals surface area contributed by atoms with E-state index in [1.165, 1.54) is 38.5 Å². The molecule has 12 nitrogen and oxygen atoms in total. The Labute approximate surface area is 375 Å². The Hall–Kier alpha value is -2.65. The minimum absolute atomic E-state index is 0.144. The second-order valence-corrected chi connectivity index (χ2v) is 17.9. The largest absolute Gasteiger partial charge is 0.462 e. The number of hydrogen-bond acceptors (Lipinski definition) is 11. The van der Waals surface area contributed by atoms with Gasteiger partial charge in [0, 0.05) is 12.8 Å². The van der Waals surface area contributed by atoms with Crippen LogP contribution in [-0.2, 0) is 38.7 Å². The van der Waals surface area contributed by atoms with Gasteiger partial charge in [-0.15, -0.1) is 0 Å². The first kappa shape index (κ1) is 57.4. The molecule has 1 fully saturated rings. The van der Waals surface area contributed by atoms with Crippen molar-refractivity contribution in [1.29, 1.82) is 0 Å². The van der Waals surface area contributed by atoms with Gasteiger partial charge in [-0.1, -0.05) is 152 Å². The van der Waals surface area contributed by atoms with Crippen LogP contribution in [0.2, 0.25) is 0 Å². The first-order chi connectivity index (χ1) is 30.0. The van der Waals surface area contributed by atoms with E-state index in [1.54, 1.807) is 0 Å². The molecule has 0 radical (unpaired) electrons. The first-order valence-electron chi connectivity index (χ1n) is 23.8. The summed E-state index contributed by atoms with van der Waals surface area (Å²) in [6.45, 7) is 3.62. The molecule has 358 valence electrons. The Morgan fingerprint density at radius 1 is 0.565 bits per heavy atom. The molecule has 0 spiro atoms. The number of aliphatic hydroxyl groups is 3. The molecule has 1 saturated heterocycles. The fourth-order valence-electron chi connectivity index (χ4n) is 6.90. The lowest BCUT2D eigenvalue weighted by Crippen LogP contribution is -2.60. The van der Waals surface area contributed by atoms with E-state index in [9.17, 15) is 37.9 Å². The number of allylic oxidation sites excluding steroid dienone is 10. The molecule has 0 aromatic heterocycles. The summed E-state index contributed by atoms with van der Waals surface area (Å²) in [6.07, 6.45) is 38.3. The third-order valence-corrected chi connectivity index (χ3v) is 11.3. The molecule has 1 aliphatic heterocycles. The Bertz CT molecular complexity index is 1370. The average molecular weight is 897 g/mol. The third kappa shape index (κ3) is 32.9. The maximum atomic E-state index is 12.8. The maximum Gasteiger partial charge on any atom is 0.306 e. The molecular formula is C49H84O12S. The standard InChI is InChI=1S/C49H84O12S/c1-3-5-7-9-11-13-15-17-19-20-21-22-24-26-28-30-32-34-36-38-45(51)60-42(40-59-49-48(54)47(53)46(52)43(61-49)41-62(55,56)57)39-58-44(50)37-35-33-31-29-27-25-23-18-16-14-12-10-8-6-4-2/h5,7,11,13,17-19,21-23,42-43,46-49,52-54H,3-4,6,8-10,12,14-16,20,24-41H2,1-2H3,(H,55,56,57)/b7-5-,13-11-,19-17-,22-21-,23-18-. The molecule has 62 heavy (non-hydrogen) atoms. The highest BCUT2D eigenvalue weighted by molar-refractivity contribution is 7.85. The van der Waals surface area contributed by atoms with Gasteiger partial charge in [0.25, 0.3) is 10.1 Å². The van der Waals surface area contributed by atoms with E-state index < -0.39 is 71.2 Å². The summed E-state index contributed by atoms with van der Waals surface area (Å²) in [5, 5.41) is 30.9. The number of unbranched alkanes of at least 4 members (excludes halogenated alkanes) is 17. The van der Waals surface area contributed by atoms with Gasteiger partial charge in [0.2, 0.25) is 0 Å². The van der Waals surface area contributed by atoms with E-state index in [1.807, 2.05) is 0 Å². The van der Waals surface area contributed by atoms with Crippen molar-refractivity contribution in [3.8, 4) is 0 Å². The topological polar surface area (TPSA) is 186 Å². The summed E-state index contributed by atoms with van der Waals surface area (Å²) in [4.78, 5) is 25.5. The minimum Gasteiger partial charge on any atom is -0.462 e. The molecule has 0 saturated carbocycles. The molecule has 13 heteroatoms. The molecule has 0 aromatic carbocycles. The molecule has 0 aromatic rings. The zero-order chi connectivity index (χ0) is 45.5. The average Bonchev–Trinajstić information content (AvgIpc) is 3.24. The van der Waals surface area contributed by atoms with Crippen molar-refractivity contribution in [2.24, 2.45) is 0 Å². The molecule has 0 bridgehead atoms. The van der Waals surface area contributed by atoms with Gasteiger partial charge < -0.3 is 34.3 Å². The van der Waals surface area contributed by atoms with Crippen LogP contribution in [0.25, 0.3) is 0 Å². The van der Waals surface area contributed by atoms with Gasteiger partial charge in [-0.2, -0.15) is 8.42 Å². The van der Waals surface area contributed by atoms with E-state index in [4.69, 9.17) is 18.9 Å². The Kier molecular flexibility index (Phi) is 35.9. The van der Waals surface area contributed by atoms with Crippen LogP contribution in [-0.4, -0.2) is 96.0 Å². The molecule has 1 heterocycles. The second-order valence-electron chi connectivity index (χ2n) is 16.4. The smallest absolute Gasteiger partial charge is 0.306 e. The predicted molar refractivity (Wildman–Crippen MR) is 247 cm³/mol. The zero-order valence-electron chi connectivity index (χ0n) is 38.2. The molecule has 0 aliphatic carbocycles. The second kappa shape index (κ2) is 38.8. The van der Waals surface area contributed by atoms with Crippen LogP contribution in [0.5, 0.6) is 0 Å². The van der Waals surface area contributed by atoms with E-state index in [0.29, 0.717) is 12.8 Å². The summed E-state index contributed by atoms with van der Waals surface area (Å²) in [5.74, 6) is -2.02. The van der Waals surface area contributed by atoms with E-state index >= 15 is 0 Å². The highest BCUT2D eigenvalue weighted by atomic mass is 32.2. The van der Waals surface area contributed by atoms with Gasteiger partial charge >= 0.3 is 11.9 Å². The Morgan fingerprint density at radius 2 is 1.02 bits per heavy atom. The first-order valence-corrected chi connectivity index (χ1v) is 25.5. The monoisotopic (exact) mass is 897 g/mol. The number of esters is 2. The lowest BCUT2D eigenvalue weighted by molar-refractivity contribution is -0.297. The number of carbonyl (C=O) groups is 2. The van der Waals surface area contributed by atoms with Crippen molar-refractivity contribution in [3.63, 3.8) is 0 Å². The number of hydrogen-bond donors (Lipinski definition) is 4. The lowest BCUT2D eigenvalue weighted by atomic mass is 10.00. The van der Waals surface area contributed by atoms with Gasteiger partial charge in [-0.25, -0.2) is 0 Å². The summed E-state index contributed by atoms with van der Waals surface area (Å²) >= 11 is 0.